The topological polar surface area (TPSA) is 29.3 Å². The first-order chi connectivity index (χ1) is 8.38. The summed E-state index contributed by atoms with van der Waals surface area (Å²) >= 11 is 0. The van der Waals surface area contributed by atoms with Gasteiger partial charge in [-0.3, -0.25) is 0 Å². The molecule has 17 heavy (non-hydrogen) atoms. The maximum Gasteiger partial charge on any atom is 0.0105 e. The van der Waals surface area contributed by atoms with Gasteiger partial charge >= 0.3 is 0 Å². The van der Waals surface area contributed by atoms with Crippen molar-refractivity contribution >= 4 is 0 Å². The van der Waals surface area contributed by atoms with Crippen molar-refractivity contribution in [1.82, 2.24) is 4.90 Å². The average Bonchev–Trinajstić information content (AvgIpc) is 2.32. The first-order valence-corrected chi connectivity index (χ1v) is 6.85. The van der Waals surface area contributed by atoms with Crippen molar-refractivity contribution in [3.63, 3.8) is 0 Å². The predicted molar refractivity (Wildman–Crippen MR) is 73.0 cm³/mol. The van der Waals surface area contributed by atoms with Crippen molar-refractivity contribution in [3.8, 4) is 0 Å². The van der Waals surface area contributed by atoms with E-state index in [1.54, 1.807) is 0 Å². The first-order valence-electron chi connectivity index (χ1n) is 6.85. The van der Waals surface area contributed by atoms with Gasteiger partial charge in [0.25, 0.3) is 0 Å². The molecule has 1 fully saturated rings. The van der Waals surface area contributed by atoms with Crippen molar-refractivity contribution in [2.45, 2.75) is 25.7 Å². The van der Waals surface area contributed by atoms with E-state index in [1.807, 2.05) is 0 Å². The molecule has 0 aliphatic heterocycles. The van der Waals surface area contributed by atoms with Crippen LogP contribution in [0, 0.1) is 5.92 Å². The summed E-state index contributed by atoms with van der Waals surface area (Å²) in [6, 6.07) is 10.7. The van der Waals surface area contributed by atoms with Crippen LogP contribution in [0.15, 0.2) is 30.3 Å². The van der Waals surface area contributed by atoms with Crippen molar-refractivity contribution in [1.29, 1.82) is 0 Å². The van der Waals surface area contributed by atoms with Gasteiger partial charge in [0.2, 0.25) is 0 Å². The molecule has 0 unspecified atom stereocenters. The Kier molecular flexibility index (Phi) is 5.02. The van der Waals surface area contributed by atoms with Gasteiger partial charge in [0.05, 0.1) is 0 Å². The standard InChI is InChI=1S/C15H24N2/c16-10-12-17(13-15-7-4-8-15)11-9-14-5-2-1-3-6-14/h1-3,5-6,15H,4,7-13,16H2. The Hall–Kier alpha value is -0.860. The van der Waals surface area contributed by atoms with E-state index in [1.165, 1.54) is 31.4 Å². The Morgan fingerprint density at radius 2 is 1.88 bits per heavy atom. The molecule has 0 atom stereocenters. The highest BCUT2D eigenvalue weighted by Gasteiger charge is 2.20. The fraction of sp³-hybridized carbons (Fsp3) is 0.600. The fourth-order valence-electron chi connectivity index (χ4n) is 2.45. The van der Waals surface area contributed by atoms with Crippen LogP contribution in [0.5, 0.6) is 0 Å². The fourth-order valence-corrected chi connectivity index (χ4v) is 2.45. The molecule has 0 spiro atoms. The molecule has 0 amide bonds. The maximum absolute atomic E-state index is 5.69. The lowest BCUT2D eigenvalue weighted by Crippen LogP contribution is -2.37. The molecule has 2 heteroatoms. The molecular weight excluding hydrogens is 208 g/mol. The molecule has 0 radical (unpaired) electrons. The second-order valence-electron chi connectivity index (χ2n) is 5.12. The van der Waals surface area contributed by atoms with Crippen LogP contribution < -0.4 is 5.73 Å². The summed E-state index contributed by atoms with van der Waals surface area (Å²) in [4.78, 5) is 2.54. The van der Waals surface area contributed by atoms with Gasteiger partial charge in [-0.1, -0.05) is 36.8 Å². The molecule has 2 nitrogen and oxygen atoms in total. The third-order valence-corrected chi connectivity index (χ3v) is 3.75. The van der Waals surface area contributed by atoms with E-state index in [0.29, 0.717) is 0 Å². The van der Waals surface area contributed by atoms with Crippen molar-refractivity contribution < 1.29 is 0 Å². The lowest BCUT2D eigenvalue weighted by atomic mass is 9.85. The Balaban J connectivity index is 1.76. The quantitative estimate of drug-likeness (QED) is 0.781. The van der Waals surface area contributed by atoms with E-state index in [2.05, 4.69) is 35.2 Å². The van der Waals surface area contributed by atoms with E-state index in [9.17, 15) is 0 Å². The second kappa shape index (κ2) is 6.77. The highest BCUT2D eigenvalue weighted by atomic mass is 15.1. The lowest BCUT2D eigenvalue weighted by molar-refractivity contribution is 0.182. The van der Waals surface area contributed by atoms with Crippen LogP contribution >= 0.6 is 0 Å². The highest BCUT2D eigenvalue weighted by molar-refractivity contribution is 5.14. The van der Waals surface area contributed by atoms with Gasteiger partial charge in [0.1, 0.15) is 0 Å². The minimum atomic E-state index is 0.779. The van der Waals surface area contributed by atoms with Gasteiger partial charge in [-0.05, 0) is 30.7 Å². The Morgan fingerprint density at radius 3 is 2.47 bits per heavy atom. The van der Waals surface area contributed by atoms with Crippen molar-refractivity contribution in [2.75, 3.05) is 26.2 Å². The zero-order chi connectivity index (χ0) is 11.9. The normalized spacial score (nSPS) is 16.1. The van der Waals surface area contributed by atoms with E-state index >= 15 is 0 Å². The van der Waals surface area contributed by atoms with Crippen LogP contribution in [0.2, 0.25) is 0 Å². The van der Waals surface area contributed by atoms with Gasteiger partial charge in [-0.15, -0.1) is 0 Å². The molecule has 1 aliphatic carbocycles. The summed E-state index contributed by atoms with van der Waals surface area (Å²) in [6.45, 7) is 4.23. The number of nitrogens with two attached hydrogens (primary N) is 1. The summed E-state index contributed by atoms with van der Waals surface area (Å²) in [5, 5.41) is 0. The smallest absolute Gasteiger partial charge is 0.0105 e. The number of rotatable bonds is 7. The molecule has 2 rings (SSSR count). The van der Waals surface area contributed by atoms with Crippen LogP contribution in [-0.4, -0.2) is 31.1 Å². The van der Waals surface area contributed by atoms with E-state index in [0.717, 1.165) is 32.0 Å². The first kappa shape index (κ1) is 12.6. The number of hydrogen-bond donors (Lipinski definition) is 1. The predicted octanol–water partition coefficient (Wildman–Crippen LogP) is 2.29. The number of hydrogen-bond acceptors (Lipinski definition) is 2. The Bertz CT molecular complexity index is 306. The summed E-state index contributed by atoms with van der Waals surface area (Å²) in [5.74, 6) is 0.942. The Labute approximate surface area is 105 Å². The monoisotopic (exact) mass is 232 g/mol. The molecular formula is C15H24N2. The van der Waals surface area contributed by atoms with Crippen LogP contribution in [0.3, 0.4) is 0 Å². The SMILES string of the molecule is NCCN(CCc1ccccc1)CC1CCC1. The highest BCUT2D eigenvalue weighted by Crippen LogP contribution is 2.27. The molecule has 0 aromatic heterocycles. The van der Waals surface area contributed by atoms with Gasteiger partial charge in [-0.25, -0.2) is 0 Å². The summed E-state index contributed by atoms with van der Waals surface area (Å²) in [5.41, 5.74) is 7.13. The van der Waals surface area contributed by atoms with Crippen molar-refractivity contribution in [2.24, 2.45) is 11.7 Å². The number of nitrogens with zero attached hydrogens (tertiary/aromatic N) is 1. The molecule has 94 valence electrons. The largest absolute Gasteiger partial charge is 0.329 e. The van der Waals surface area contributed by atoms with E-state index in [-0.39, 0.29) is 0 Å². The molecule has 1 saturated carbocycles. The van der Waals surface area contributed by atoms with Gasteiger partial charge in [-0.2, -0.15) is 0 Å². The van der Waals surface area contributed by atoms with Gasteiger partial charge in [0, 0.05) is 26.2 Å². The zero-order valence-corrected chi connectivity index (χ0v) is 10.6. The van der Waals surface area contributed by atoms with Crippen LogP contribution in [0.4, 0.5) is 0 Å². The van der Waals surface area contributed by atoms with Crippen LogP contribution in [0.1, 0.15) is 24.8 Å². The summed E-state index contributed by atoms with van der Waals surface area (Å²) in [7, 11) is 0. The molecule has 1 aromatic carbocycles. The molecule has 0 heterocycles. The minimum absolute atomic E-state index is 0.779. The summed E-state index contributed by atoms with van der Waals surface area (Å²) < 4.78 is 0. The van der Waals surface area contributed by atoms with Crippen LogP contribution in [0.25, 0.3) is 0 Å². The molecule has 0 bridgehead atoms. The van der Waals surface area contributed by atoms with E-state index < -0.39 is 0 Å². The third kappa shape index (κ3) is 4.14. The maximum atomic E-state index is 5.69. The average molecular weight is 232 g/mol. The van der Waals surface area contributed by atoms with E-state index in [4.69, 9.17) is 5.73 Å². The molecule has 0 saturated heterocycles. The minimum Gasteiger partial charge on any atom is -0.329 e. The molecule has 1 aliphatic rings. The summed E-state index contributed by atoms with van der Waals surface area (Å²) in [6.07, 6.45) is 5.42. The van der Waals surface area contributed by atoms with Crippen LogP contribution in [-0.2, 0) is 6.42 Å². The molecule has 1 aromatic rings. The lowest BCUT2D eigenvalue weighted by Gasteiger charge is -2.32. The Morgan fingerprint density at radius 1 is 1.12 bits per heavy atom. The zero-order valence-electron chi connectivity index (χ0n) is 10.6. The number of benzene rings is 1. The van der Waals surface area contributed by atoms with Crippen molar-refractivity contribution in [3.05, 3.63) is 35.9 Å². The third-order valence-electron chi connectivity index (χ3n) is 3.75. The second-order valence-corrected chi connectivity index (χ2v) is 5.12. The van der Waals surface area contributed by atoms with Gasteiger partial charge < -0.3 is 10.6 Å². The molecule has 2 N–H and O–H groups in total. The van der Waals surface area contributed by atoms with Gasteiger partial charge in [0.15, 0.2) is 0 Å².